The molecule has 30 heavy (non-hydrogen) atoms. The summed E-state index contributed by atoms with van der Waals surface area (Å²) >= 11 is 3.42. The van der Waals surface area contributed by atoms with Gasteiger partial charge < -0.3 is 9.64 Å². The van der Waals surface area contributed by atoms with Gasteiger partial charge in [0.05, 0.1) is 17.7 Å². The van der Waals surface area contributed by atoms with E-state index >= 15 is 0 Å². The molecule has 0 N–H and O–H groups in total. The molecule has 2 aliphatic heterocycles. The normalized spacial score (nSPS) is 23.7. The molecule has 2 saturated heterocycles. The molecule has 3 aliphatic rings. The van der Waals surface area contributed by atoms with E-state index in [1.165, 1.54) is 0 Å². The van der Waals surface area contributed by atoms with Gasteiger partial charge in [-0.15, -0.1) is 0 Å². The van der Waals surface area contributed by atoms with Crippen LogP contribution in [-0.4, -0.2) is 61.0 Å². The van der Waals surface area contributed by atoms with E-state index in [0.717, 1.165) is 48.1 Å². The summed E-state index contributed by atoms with van der Waals surface area (Å²) in [7, 11) is 0. The zero-order chi connectivity index (χ0) is 21.3. The average Bonchev–Trinajstić information content (AvgIpc) is 3.23. The quantitative estimate of drug-likeness (QED) is 0.598. The van der Waals surface area contributed by atoms with Crippen molar-refractivity contribution in [3.8, 4) is 6.07 Å². The first-order chi connectivity index (χ1) is 14.4. The van der Waals surface area contributed by atoms with Gasteiger partial charge in [-0.2, -0.15) is 5.26 Å². The monoisotopic (exact) mass is 469 g/mol. The zero-order valence-electron chi connectivity index (χ0n) is 17.0. The van der Waals surface area contributed by atoms with Gasteiger partial charge in [0.25, 0.3) is 0 Å². The summed E-state index contributed by atoms with van der Waals surface area (Å²) in [6, 6.07) is 7.85. The Balaban J connectivity index is 1.26. The number of nitriles is 1. The summed E-state index contributed by atoms with van der Waals surface area (Å²) in [4.78, 5) is 28.5. The third kappa shape index (κ3) is 4.35. The van der Waals surface area contributed by atoms with Gasteiger partial charge in [0.15, 0.2) is 0 Å². The summed E-state index contributed by atoms with van der Waals surface area (Å²) in [5, 5.41) is 9.02. The summed E-state index contributed by atoms with van der Waals surface area (Å²) in [6.45, 7) is 6.03. The second-order valence-corrected chi connectivity index (χ2v) is 9.25. The molecule has 156 valence electrons. The van der Waals surface area contributed by atoms with Crippen molar-refractivity contribution in [2.45, 2.75) is 19.8 Å². The number of ether oxygens (including phenoxy) is 1. The topological polar surface area (TPSA) is 73.6 Å². The Bertz CT molecular complexity index is 994. The lowest BCUT2D eigenvalue weighted by atomic mass is 9.88. The second kappa shape index (κ2) is 8.37. The van der Waals surface area contributed by atoms with Gasteiger partial charge in [0, 0.05) is 35.1 Å². The van der Waals surface area contributed by atoms with Gasteiger partial charge in [0.2, 0.25) is 5.91 Å². The van der Waals surface area contributed by atoms with Gasteiger partial charge in [-0.25, -0.2) is 4.79 Å². The van der Waals surface area contributed by atoms with Crippen molar-refractivity contribution in [1.29, 1.82) is 5.26 Å². The molecule has 1 aliphatic carbocycles. The highest BCUT2D eigenvalue weighted by atomic mass is 79.9. The molecule has 1 atom stereocenters. The predicted molar refractivity (Wildman–Crippen MR) is 115 cm³/mol. The predicted octanol–water partition coefficient (Wildman–Crippen LogP) is 2.83. The molecule has 2 fully saturated rings. The minimum atomic E-state index is -0.219. The van der Waals surface area contributed by atoms with Crippen molar-refractivity contribution in [2.75, 3.05) is 39.3 Å². The van der Waals surface area contributed by atoms with E-state index in [0.29, 0.717) is 30.8 Å². The lowest BCUT2D eigenvalue weighted by Gasteiger charge is -2.35. The molecule has 0 saturated carbocycles. The van der Waals surface area contributed by atoms with E-state index in [1.54, 1.807) is 6.07 Å². The number of nitrogens with zero attached hydrogens (tertiary/aromatic N) is 3. The van der Waals surface area contributed by atoms with Gasteiger partial charge in [-0.3, -0.25) is 9.69 Å². The van der Waals surface area contributed by atoms with Crippen molar-refractivity contribution in [3.05, 3.63) is 57.1 Å². The van der Waals surface area contributed by atoms with Gasteiger partial charge in [-0.1, -0.05) is 25.1 Å². The second-order valence-electron chi connectivity index (χ2n) is 8.39. The lowest BCUT2D eigenvalue weighted by molar-refractivity contribution is -0.136. The summed E-state index contributed by atoms with van der Waals surface area (Å²) in [5.74, 6) is -0.0641. The first kappa shape index (κ1) is 20.8. The summed E-state index contributed by atoms with van der Waals surface area (Å²) < 4.78 is 5.85. The molecule has 0 bridgehead atoms. The number of halogens is 1. The fourth-order valence-corrected chi connectivity index (χ4v) is 4.78. The van der Waals surface area contributed by atoms with Crippen molar-refractivity contribution in [1.82, 2.24) is 9.80 Å². The number of carbonyl (C=O) groups excluding carboxylic acids is 2. The van der Waals surface area contributed by atoms with Gasteiger partial charge in [0.1, 0.15) is 12.7 Å². The Morgan fingerprint density at radius 1 is 1.23 bits per heavy atom. The van der Waals surface area contributed by atoms with Crippen molar-refractivity contribution < 1.29 is 14.3 Å². The fraction of sp³-hybridized carbons (Fsp3) is 0.435. The van der Waals surface area contributed by atoms with Crippen LogP contribution < -0.4 is 0 Å². The largest absolute Gasteiger partial charge is 0.457 e. The molecule has 0 aromatic heterocycles. The molecule has 6 nitrogen and oxygen atoms in total. The number of piperazine rings is 1. The Morgan fingerprint density at radius 2 is 2.07 bits per heavy atom. The Hall–Kier alpha value is -2.43. The van der Waals surface area contributed by atoms with Crippen LogP contribution in [0.4, 0.5) is 0 Å². The number of benzene rings is 1. The van der Waals surface area contributed by atoms with E-state index in [-0.39, 0.29) is 17.3 Å². The van der Waals surface area contributed by atoms with E-state index in [1.807, 2.05) is 23.1 Å². The van der Waals surface area contributed by atoms with Crippen LogP contribution in [-0.2, 0) is 20.7 Å². The number of hydrogen-bond acceptors (Lipinski definition) is 5. The number of carbonyl (C=O) groups is 2. The van der Waals surface area contributed by atoms with Gasteiger partial charge >= 0.3 is 5.97 Å². The standard InChI is InChI=1S/C23H24BrN3O3/c1-23(11-18-15-30-22(29)19(18)12-23)5-7-26-8-9-27(21(28)14-26)6-4-16-2-3-17(13-25)20(24)10-16/h2-3,10-12H,4-9,14-15H2,1H3. The molecule has 1 aromatic rings. The van der Waals surface area contributed by atoms with Crippen LogP contribution in [0.2, 0.25) is 0 Å². The lowest BCUT2D eigenvalue weighted by Crippen LogP contribution is -2.51. The maximum atomic E-state index is 12.6. The van der Waals surface area contributed by atoms with Crippen molar-refractivity contribution in [2.24, 2.45) is 5.41 Å². The molecule has 7 heteroatoms. The van der Waals surface area contributed by atoms with E-state index < -0.39 is 0 Å². The molecule has 4 rings (SSSR count). The number of hydrogen-bond donors (Lipinski definition) is 0. The molecule has 2 heterocycles. The highest BCUT2D eigenvalue weighted by Gasteiger charge is 2.36. The highest BCUT2D eigenvalue weighted by Crippen LogP contribution is 2.40. The van der Waals surface area contributed by atoms with Crippen LogP contribution in [0, 0.1) is 16.7 Å². The van der Waals surface area contributed by atoms with Crippen molar-refractivity contribution in [3.63, 3.8) is 0 Å². The number of allylic oxidation sites excluding steroid dienone is 2. The third-order valence-corrected chi connectivity index (χ3v) is 6.75. The SMILES string of the molecule is CC1(CCN2CCN(CCc3ccc(C#N)c(Br)c3)C(=O)C2)C=C2COC(=O)C2=C1. The Labute approximate surface area is 184 Å². The number of esters is 1. The number of fused-ring (bicyclic) bond motifs is 1. The first-order valence-corrected chi connectivity index (χ1v) is 11.0. The summed E-state index contributed by atoms with van der Waals surface area (Å²) in [6.07, 6.45) is 5.80. The third-order valence-electron chi connectivity index (χ3n) is 6.09. The number of amides is 1. The Kier molecular flexibility index (Phi) is 5.81. The first-order valence-electron chi connectivity index (χ1n) is 10.2. The molecule has 1 unspecified atom stereocenters. The van der Waals surface area contributed by atoms with Crippen LogP contribution in [0.15, 0.2) is 46.0 Å². The highest BCUT2D eigenvalue weighted by molar-refractivity contribution is 9.10. The maximum absolute atomic E-state index is 12.6. The van der Waals surface area contributed by atoms with E-state index in [4.69, 9.17) is 10.00 Å². The van der Waals surface area contributed by atoms with E-state index in [2.05, 4.69) is 39.9 Å². The van der Waals surface area contributed by atoms with Crippen LogP contribution in [0.3, 0.4) is 0 Å². The smallest absolute Gasteiger partial charge is 0.338 e. The summed E-state index contributed by atoms with van der Waals surface area (Å²) in [5.41, 5.74) is 3.29. The number of rotatable bonds is 6. The molecular weight excluding hydrogens is 446 g/mol. The van der Waals surface area contributed by atoms with Crippen LogP contribution in [0.1, 0.15) is 24.5 Å². The van der Waals surface area contributed by atoms with Crippen LogP contribution >= 0.6 is 15.9 Å². The molecular formula is C23H24BrN3O3. The Morgan fingerprint density at radius 3 is 2.77 bits per heavy atom. The fourth-order valence-electron chi connectivity index (χ4n) is 4.27. The average molecular weight is 470 g/mol. The molecule has 1 amide bonds. The molecule has 0 spiro atoms. The number of cyclic esters (lactones) is 1. The maximum Gasteiger partial charge on any atom is 0.338 e. The van der Waals surface area contributed by atoms with E-state index in [9.17, 15) is 9.59 Å². The van der Waals surface area contributed by atoms with Gasteiger partial charge in [-0.05, 0) is 53.0 Å². The minimum Gasteiger partial charge on any atom is -0.457 e. The zero-order valence-corrected chi connectivity index (χ0v) is 18.6. The van der Waals surface area contributed by atoms with Crippen molar-refractivity contribution >= 4 is 27.8 Å². The molecule has 1 aromatic carbocycles. The van der Waals surface area contributed by atoms with Crippen LogP contribution in [0.25, 0.3) is 0 Å². The molecule has 0 radical (unpaired) electrons. The van der Waals surface area contributed by atoms with Crippen LogP contribution in [0.5, 0.6) is 0 Å². The minimum absolute atomic E-state index is 0.146.